The lowest BCUT2D eigenvalue weighted by atomic mass is 9.75. The number of nitrogens with two attached hydrogens (primary N) is 1. The summed E-state index contributed by atoms with van der Waals surface area (Å²) in [7, 11) is 0. The molecule has 0 saturated heterocycles. The van der Waals surface area contributed by atoms with Gasteiger partial charge in [-0.15, -0.1) is 0 Å². The number of hydrogen-bond donors (Lipinski definition) is 2. The molecule has 1 aliphatic carbocycles. The highest BCUT2D eigenvalue weighted by Gasteiger charge is 2.29. The van der Waals surface area contributed by atoms with Crippen LogP contribution < -0.4 is 11.1 Å². The molecule has 0 bridgehead atoms. The second kappa shape index (κ2) is 5.06. The molecule has 2 rings (SSSR count). The van der Waals surface area contributed by atoms with Gasteiger partial charge in [0.15, 0.2) is 0 Å². The van der Waals surface area contributed by atoms with Gasteiger partial charge in [0, 0.05) is 12.1 Å². The van der Waals surface area contributed by atoms with E-state index < -0.39 is 0 Å². The average molecular weight is 264 g/mol. The Morgan fingerprint density at radius 2 is 2.11 bits per heavy atom. The molecule has 0 amide bonds. The largest absolute Gasteiger partial charge is 0.394 e. The van der Waals surface area contributed by atoms with Gasteiger partial charge in [0.05, 0.1) is 11.4 Å². The van der Waals surface area contributed by atoms with Gasteiger partial charge in [-0.3, -0.25) is 0 Å². The summed E-state index contributed by atoms with van der Waals surface area (Å²) >= 11 is 0. The van der Waals surface area contributed by atoms with Crippen molar-refractivity contribution in [1.82, 2.24) is 9.78 Å². The van der Waals surface area contributed by atoms with Crippen LogP contribution in [0.1, 0.15) is 65.1 Å². The van der Waals surface area contributed by atoms with E-state index in [2.05, 4.69) is 38.1 Å². The number of nitrogens with one attached hydrogen (secondary N) is 1. The molecule has 0 spiro atoms. The second-order valence-corrected chi connectivity index (χ2v) is 6.99. The zero-order valence-electron chi connectivity index (χ0n) is 13.0. The Labute approximate surface area is 116 Å². The van der Waals surface area contributed by atoms with Crippen LogP contribution in [0.4, 0.5) is 11.5 Å². The molecule has 1 heterocycles. The molecule has 1 aromatic heterocycles. The highest BCUT2D eigenvalue weighted by molar-refractivity contribution is 5.65. The quantitative estimate of drug-likeness (QED) is 0.874. The predicted octanol–water partition coefficient (Wildman–Crippen LogP) is 3.74. The number of aromatic nitrogens is 2. The summed E-state index contributed by atoms with van der Waals surface area (Å²) in [6.45, 7) is 11.0. The van der Waals surface area contributed by atoms with Gasteiger partial charge in [0.2, 0.25) is 0 Å². The van der Waals surface area contributed by atoms with Crippen LogP contribution in [0.2, 0.25) is 0 Å². The molecule has 3 N–H and O–H groups in total. The molecule has 108 valence electrons. The maximum absolute atomic E-state index is 6.18. The van der Waals surface area contributed by atoms with Gasteiger partial charge in [-0.05, 0) is 45.4 Å². The summed E-state index contributed by atoms with van der Waals surface area (Å²) in [4.78, 5) is 0. The van der Waals surface area contributed by atoms with Crippen LogP contribution in [-0.4, -0.2) is 15.8 Å². The fourth-order valence-electron chi connectivity index (χ4n) is 3.09. The molecule has 1 saturated carbocycles. The van der Waals surface area contributed by atoms with Crippen molar-refractivity contribution in [2.24, 2.45) is 5.41 Å². The fraction of sp³-hybridized carbons (Fsp3) is 0.800. The Hall–Kier alpha value is -1.19. The van der Waals surface area contributed by atoms with E-state index in [0.717, 1.165) is 17.2 Å². The number of anilines is 2. The summed E-state index contributed by atoms with van der Waals surface area (Å²) in [6, 6.07) is 0.842. The van der Waals surface area contributed by atoms with Crippen molar-refractivity contribution >= 4 is 11.5 Å². The monoisotopic (exact) mass is 264 g/mol. The van der Waals surface area contributed by atoms with E-state index in [9.17, 15) is 0 Å². The fourth-order valence-corrected chi connectivity index (χ4v) is 3.09. The van der Waals surface area contributed by atoms with E-state index in [4.69, 9.17) is 5.73 Å². The normalized spacial score (nSPS) is 22.7. The number of nitrogen functional groups attached to an aromatic ring is 1. The topological polar surface area (TPSA) is 55.9 Å². The van der Waals surface area contributed by atoms with Crippen LogP contribution in [0, 0.1) is 12.3 Å². The molecular formula is C15H28N4. The summed E-state index contributed by atoms with van der Waals surface area (Å²) in [5.41, 5.74) is 8.34. The molecule has 1 fully saturated rings. The first-order chi connectivity index (χ1) is 8.80. The predicted molar refractivity (Wildman–Crippen MR) is 81.4 cm³/mol. The third kappa shape index (κ3) is 3.04. The molecular weight excluding hydrogens is 236 g/mol. The Bertz CT molecular complexity index is 445. The third-order valence-corrected chi connectivity index (χ3v) is 4.17. The van der Waals surface area contributed by atoms with Crippen molar-refractivity contribution in [3.8, 4) is 0 Å². The van der Waals surface area contributed by atoms with E-state index in [-0.39, 0.29) is 0 Å². The van der Waals surface area contributed by atoms with Gasteiger partial charge in [-0.2, -0.15) is 5.10 Å². The van der Waals surface area contributed by atoms with Crippen LogP contribution in [0.5, 0.6) is 0 Å². The molecule has 4 heteroatoms. The molecule has 1 unspecified atom stereocenters. The van der Waals surface area contributed by atoms with Crippen molar-refractivity contribution in [3.05, 3.63) is 5.69 Å². The lowest BCUT2D eigenvalue weighted by Crippen LogP contribution is -2.32. The SMILES string of the molecule is Cc1nn(C(C)C)c(NC2CCCC(C)(C)C2)c1N. The lowest BCUT2D eigenvalue weighted by molar-refractivity contribution is 0.229. The first-order valence-electron chi connectivity index (χ1n) is 7.41. The van der Waals surface area contributed by atoms with Gasteiger partial charge in [0.1, 0.15) is 5.82 Å². The molecule has 0 aliphatic heterocycles. The van der Waals surface area contributed by atoms with Crippen molar-refractivity contribution in [1.29, 1.82) is 0 Å². The van der Waals surface area contributed by atoms with Gasteiger partial charge in [0.25, 0.3) is 0 Å². The maximum Gasteiger partial charge on any atom is 0.148 e. The van der Waals surface area contributed by atoms with Crippen molar-refractivity contribution in [2.45, 2.75) is 72.4 Å². The summed E-state index contributed by atoms with van der Waals surface area (Å²) in [5, 5.41) is 8.19. The Morgan fingerprint density at radius 3 is 2.68 bits per heavy atom. The zero-order chi connectivity index (χ0) is 14.2. The molecule has 1 aromatic rings. The first-order valence-corrected chi connectivity index (χ1v) is 7.41. The van der Waals surface area contributed by atoms with Crippen molar-refractivity contribution in [3.63, 3.8) is 0 Å². The zero-order valence-corrected chi connectivity index (χ0v) is 13.0. The minimum absolute atomic E-state index is 0.329. The maximum atomic E-state index is 6.18. The van der Waals surface area contributed by atoms with Crippen LogP contribution in [0.25, 0.3) is 0 Å². The van der Waals surface area contributed by atoms with E-state index in [1.165, 1.54) is 25.7 Å². The van der Waals surface area contributed by atoms with Crippen LogP contribution in [-0.2, 0) is 0 Å². The average Bonchev–Trinajstić information content (AvgIpc) is 2.56. The Balaban J connectivity index is 2.19. The number of rotatable bonds is 3. The Kier molecular flexibility index (Phi) is 3.79. The molecule has 4 nitrogen and oxygen atoms in total. The second-order valence-electron chi connectivity index (χ2n) is 6.99. The first kappa shape index (κ1) is 14.2. The van der Waals surface area contributed by atoms with E-state index >= 15 is 0 Å². The van der Waals surface area contributed by atoms with Gasteiger partial charge in [-0.1, -0.05) is 20.3 Å². The smallest absolute Gasteiger partial charge is 0.148 e. The molecule has 1 aliphatic rings. The number of aryl methyl sites for hydroxylation is 1. The highest BCUT2D eigenvalue weighted by atomic mass is 15.4. The lowest BCUT2D eigenvalue weighted by Gasteiger charge is -2.36. The summed E-state index contributed by atoms with van der Waals surface area (Å²) in [5.74, 6) is 1.01. The van der Waals surface area contributed by atoms with Crippen molar-refractivity contribution < 1.29 is 0 Å². The standard InChI is InChI=1S/C15H28N4/c1-10(2)19-14(13(16)11(3)18-19)17-12-7-6-8-15(4,5)9-12/h10,12,17H,6-9,16H2,1-5H3. The number of nitrogens with zero attached hydrogens (tertiary/aromatic N) is 2. The van der Waals surface area contributed by atoms with Crippen LogP contribution in [0.15, 0.2) is 0 Å². The molecule has 0 radical (unpaired) electrons. The highest BCUT2D eigenvalue weighted by Crippen LogP contribution is 2.37. The van der Waals surface area contributed by atoms with E-state index in [0.29, 0.717) is 17.5 Å². The van der Waals surface area contributed by atoms with E-state index in [1.54, 1.807) is 0 Å². The van der Waals surface area contributed by atoms with Crippen LogP contribution in [0.3, 0.4) is 0 Å². The Morgan fingerprint density at radius 1 is 1.42 bits per heavy atom. The number of hydrogen-bond acceptors (Lipinski definition) is 3. The third-order valence-electron chi connectivity index (χ3n) is 4.17. The van der Waals surface area contributed by atoms with Gasteiger partial charge >= 0.3 is 0 Å². The minimum atomic E-state index is 0.329. The van der Waals surface area contributed by atoms with E-state index in [1.807, 2.05) is 11.6 Å². The molecule has 1 atom stereocenters. The molecule has 0 aromatic carbocycles. The summed E-state index contributed by atoms with van der Waals surface area (Å²) in [6.07, 6.45) is 5.04. The minimum Gasteiger partial charge on any atom is -0.394 e. The molecule has 19 heavy (non-hydrogen) atoms. The van der Waals surface area contributed by atoms with Crippen LogP contribution >= 0.6 is 0 Å². The van der Waals surface area contributed by atoms with Gasteiger partial charge < -0.3 is 11.1 Å². The van der Waals surface area contributed by atoms with Gasteiger partial charge in [-0.25, -0.2) is 4.68 Å². The van der Waals surface area contributed by atoms with Crippen molar-refractivity contribution in [2.75, 3.05) is 11.1 Å². The summed E-state index contributed by atoms with van der Waals surface area (Å²) < 4.78 is 2.02.